The number of terminal acetylenes is 1. The number of ether oxygens (including phenoxy) is 5. The molecule has 1 aliphatic heterocycles. The number of rotatable bonds is 13. The number of hydrogen-bond acceptors (Lipinski definition) is 9. The summed E-state index contributed by atoms with van der Waals surface area (Å²) >= 11 is 0. The quantitative estimate of drug-likeness (QED) is 0.201. The molecule has 156 valence electrons. The second-order valence-corrected chi connectivity index (χ2v) is 5.79. The van der Waals surface area contributed by atoms with Gasteiger partial charge in [-0.2, -0.15) is 0 Å². The van der Waals surface area contributed by atoms with Gasteiger partial charge in [0.2, 0.25) is 5.91 Å². The third kappa shape index (κ3) is 8.96. The van der Waals surface area contributed by atoms with Gasteiger partial charge >= 0.3 is 0 Å². The van der Waals surface area contributed by atoms with E-state index in [1.54, 1.807) is 0 Å². The van der Waals surface area contributed by atoms with Crippen LogP contribution in [0.4, 0.5) is 0 Å². The molecular formula is C17H29NO9. The molecule has 1 saturated heterocycles. The minimum atomic E-state index is -1.34. The van der Waals surface area contributed by atoms with Crippen LogP contribution in [0, 0.1) is 12.3 Å². The van der Waals surface area contributed by atoms with Crippen molar-refractivity contribution in [3.8, 4) is 12.3 Å². The number of hydrogen-bond donors (Lipinski definition) is 4. The van der Waals surface area contributed by atoms with Crippen LogP contribution in [0.15, 0.2) is 0 Å². The van der Waals surface area contributed by atoms with Crippen molar-refractivity contribution in [3.63, 3.8) is 0 Å². The Hall–Kier alpha value is -1.29. The van der Waals surface area contributed by atoms with E-state index in [4.69, 9.17) is 30.1 Å². The molecule has 1 fully saturated rings. The Morgan fingerprint density at radius 1 is 1.07 bits per heavy atom. The van der Waals surface area contributed by atoms with Gasteiger partial charge in [0, 0.05) is 6.92 Å². The summed E-state index contributed by atoms with van der Waals surface area (Å²) in [6.45, 7) is 2.93. The topological polar surface area (TPSA) is 136 Å². The van der Waals surface area contributed by atoms with Crippen LogP contribution in [0.25, 0.3) is 0 Å². The summed E-state index contributed by atoms with van der Waals surface area (Å²) in [5.74, 6) is 1.94. The molecule has 0 bridgehead atoms. The molecule has 1 rings (SSSR count). The monoisotopic (exact) mass is 391 g/mol. The molecule has 1 aliphatic rings. The summed E-state index contributed by atoms with van der Waals surface area (Å²) in [5.41, 5.74) is 0. The minimum Gasteiger partial charge on any atom is -0.394 e. The van der Waals surface area contributed by atoms with Gasteiger partial charge in [0.05, 0.1) is 46.2 Å². The normalized spacial score (nSPS) is 27.9. The van der Waals surface area contributed by atoms with Crippen LogP contribution in [0.1, 0.15) is 6.92 Å². The highest BCUT2D eigenvalue weighted by Gasteiger charge is 2.45. The average Bonchev–Trinajstić information content (AvgIpc) is 2.64. The minimum absolute atomic E-state index is 0.118. The molecule has 1 heterocycles. The molecule has 0 saturated carbocycles. The molecule has 1 amide bonds. The van der Waals surface area contributed by atoms with Gasteiger partial charge < -0.3 is 44.3 Å². The molecule has 0 aliphatic carbocycles. The van der Waals surface area contributed by atoms with Gasteiger partial charge in [0.1, 0.15) is 31.0 Å². The van der Waals surface area contributed by atoms with Crippen LogP contribution in [0.2, 0.25) is 0 Å². The lowest BCUT2D eigenvalue weighted by Crippen LogP contribution is -2.64. The van der Waals surface area contributed by atoms with Gasteiger partial charge in [-0.1, -0.05) is 5.92 Å². The zero-order valence-electron chi connectivity index (χ0n) is 15.4. The molecule has 27 heavy (non-hydrogen) atoms. The number of carbonyl (C=O) groups excluding carboxylic acids is 1. The molecule has 10 heteroatoms. The van der Waals surface area contributed by atoms with Crippen LogP contribution in [-0.2, 0) is 28.5 Å². The number of aliphatic hydroxyl groups excluding tert-OH is 3. The molecule has 4 N–H and O–H groups in total. The van der Waals surface area contributed by atoms with Crippen molar-refractivity contribution in [1.29, 1.82) is 0 Å². The van der Waals surface area contributed by atoms with Crippen molar-refractivity contribution in [2.45, 2.75) is 37.6 Å². The lowest BCUT2D eigenvalue weighted by Gasteiger charge is -2.42. The third-order valence-electron chi connectivity index (χ3n) is 3.69. The van der Waals surface area contributed by atoms with Crippen molar-refractivity contribution in [3.05, 3.63) is 0 Å². The van der Waals surface area contributed by atoms with E-state index in [1.807, 2.05) is 0 Å². The van der Waals surface area contributed by atoms with Gasteiger partial charge in [-0.05, 0) is 0 Å². The van der Waals surface area contributed by atoms with Gasteiger partial charge in [0.25, 0.3) is 0 Å². The second-order valence-electron chi connectivity index (χ2n) is 5.79. The Labute approximate surface area is 158 Å². The van der Waals surface area contributed by atoms with E-state index < -0.39 is 43.2 Å². The predicted octanol–water partition coefficient (Wildman–Crippen LogP) is -2.37. The molecule has 0 aromatic rings. The summed E-state index contributed by atoms with van der Waals surface area (Å²) in [4.78, 5) is 11.3. The van der Waals surface area contributed by atoms with Gasteiger partial charge in [-0.25, -0.2) is 0 Å². The van der Waals surface area contributed by atoms with Crippen molar-refractivity contribution in [2.75, 3.05) is 52.9 Å². The molecule has 5 atom stereocenters. The molecule has 10 nitrogen and oxygen atoms in total. The first-order valence-corrected chi connectivity index (χ1v) is 8.69. The first kappa shape index (κ1) is 23.7. The Morgan fingerprint density at radius 2 is 1.67 bits per heavy atom. The SMILES string of the molecule is C#CCOCCOCCOCCO[C@H]1OC(CO)[C@H](O)[C@H](O)C1NC(C)=O. The number of carbonyl (C=O) groups is 1. The Bertz CT molecular complexity index is 456. The van der Waals surface area contributed by atoms with E-state index in [-0.39, 0.29) is 19.8 Å². The Balaban J connectivity index is 2.24. The zero-order chi connectivity index (χ0) is 20.1. The maximum Gasteiger partial charge on any atom is 0.217 e. The fraction of sp³-hybridized carbons (Fsp3) is 0.824. The second kappa shape index (κ2) is 13.8. The summed E-state index contributed by atoms with van der Waals surface area (Å²) in [6.07, 6.45) is 0.315. The fourth-order valence-corrected chi connectivity index (χ4v) is 2.41. The van der Waals surface area contributed by atoms with Crippen LogP contribution in [0.5, 0.6) is 0 Å². The summed E-state index contributed by atoms with van der Waals surface area (Å²) in [7, 11) is 0. The van der Waals surface area contributed by atoms with Gasteiger partial charge in [-0.3, -0.25) is 4.79 Å². The highest BCUT2D eigenvalue weighted by atomic mass is 16.7. The smallest absolute Gasteiger partial charge is 0.217 e. The lowest BCUT2D eigenvalue weighted by molar-refractivity contribution is -0.272. The summed E-state index contributed by atoms with van der Waals surface area (Å²) in [6, 6.07) is -0.966. The van der Waals surface area contributed by atoms with E-state index in [2.05, 4.69) is 11.2 Å². The molecule has 0 radical (unpaired) electrons. The maximum atomic E-state index is 11.3. The fourth-order valence-electron chi connectivity index (χ4n) is 2.41. The van der Waals surface area contributed by atoms with E-state index in [1.165, 1.54) is 6.92 Å². The number of aliphatic hydroxyl groups is 3. The summed E-state index contributed by atoms with van der Waals surface area (Å²) in [5, 5.41) is 31.7. The van der Waals surface area contributed by atoms with Crippen LogP contribution >= 0.6 is 0 Å². The van der Waals surface area contributed by atoms with Crippen molar-refractivity contribution in [1.82, 2.24) is 5.32 Å². The zero-order valence-corrected chi connectivity index (χ0v) is 15.4. The third-order valence-corrected chi connectivity index (χ3v) is 3.69. The highest BCUT2D eigenvalue weighted by Crippen LogP contribution is 2.22. The number of amides is 1. The molecular weight excluding hydrogens is 362 g/mol. The molecule has 2 unspecified atom stereocenters. The lowest BCUT2D eigenvalue weighted by atomic mass is 9.97. The van der Waals surface area contributed by atoms with E-state index in [0.29, 0.717) is 26.4 Å². The van der Waals surface area contributed by atoms with E-state index in [0.717, 1.165) is 0 Å². The first-order valence-electron chi connectivity index (χ1n) is 8.69. The van der Waals surface area contributed by atoms with E-state index in [9.17, 15) is 20.1 Å². The van der Waals surface area contributed by atoms with Gasteiger partial charge in [-0.15, -0.1) is 6.42 Å². The average molecular weight is 391 g/mol. The van der Waals surface area contributed by atoms with Crippen LogP contribution in [0.3, 0.4) is 0 Å². The molecule has 0 aromatic carbocycles. The number of nitrogens with one attached hydrogen (secondary N) is 1. The van der Waals surface area contributed by atoms with Crippen molar-refractivity contribution >= 4 is 5.91 Å². The Kier molecular flexibility index (Phi) is 12.2. The predicted molar refractivity (Wildman–Crippen MR) is 92.6 cm³/mol. The molecule has 0 spiro atoms. The van der Waals surface area contributed by atoms with Crippen LogP contribution < -0.4 is 5.32 Å². The molecule has 0 aromatic heterocycles. The maximum absolute atomic E-state index is 11.3. The van der Waals surface area contributed by atoms with E-state index >= 15 is 0 Å². The Morgan fingerprint density at radius 3 is 2.22 bits per heavy atom. The highest BCUT2D eigenvalue weighted by molar-refractivity contribution is 5.73. The first-order chi connectivity index (χ1) is 13.0. The summed E-state index contributed by atoms with van der Waals surface area (Å²) < 4.78 is 26.6. The van der Waals surface area contributed by atoms with Gasteiger partial charge in [0.15, 0.2) is 6.29 Å². The van der Waals surface area contributed by atoms with Crippen molar-refractivity contribution < 1.29 is 43.8 Å². The van der Waals surface area contributed by atoms with Crippen molar-refractivity contribution in [2.24, 2.45) is 0 Å². The van der Waals surface area contributed by atoms with Crippen LogP contribution in [-0.4, -0.2) is 105 Å². The standard InChI is InChI=1S/C17H29NO9/c1-3-4-23-5-6-24-7-8-25-9-10-26-17-14(18-12(2)20)16(22)15(21)13(11-19)27-17/h1,13-17,19,21-22H,4-11H2,2H3,(H,18,20)/t13?,14?,15-,16+,17-/m0/s1. The largest absolute Gasteiger partial charge is 0.394 e.